The predicted molar refractivity (Wildman–Crippen MR) is 87.7 cm³/mol. The van der Waals surface area contributed by atoms with Crippen molar-refractivity contribution in [2.45, 2.75) is 63.8 Å². The summed E-state index contributed by atoms with van der Waals surface area (Å²) in [5.74, 6) is 2.15. The Bertz CT molecular complexity index is 447. The molecule has 0 amide bonds. The minimum absolute atomic E-state index is 0.571. The van der Waals surface area contributed by atoms with Crippen LogP contribution in [-0.2, 0) is 7.05 Å². The van der Waals surface area contributed by atoms with Crippen molar-refractivity contribution in [1.82, 2.24) is 15.1 Å². The van der Waals surface area contributed by atoms with E-state index in [1.54, 1.807) is 0 Å². The summed E-state index contributed by atoms with van der Waals surface area (Å²) in [6.45, 7) is 3.45. The lowest BCUT2D eigenvalue weighted by atomic mass is 9.71. The number of hydrogen-bond acceptors (Lipinski definition) is 2. The Morgan fingerprint density at radius 2 is 2.14 bits per heavy atom. The zero-order chi connectivity index (χ0) is 14.8. The number of aromatic nitrogens is 2. The second-order valence-electron chi connectivity index (χ2n) is 7.02. The van der Waals surface area contributed by atoms with Gasteiger partial charge in [0.2, 0.25) is 0 Å². The molecule has 2 aliphatic carbocycles. The molecule has 0 spiro atoms. The number of nitrogens with zero attached hydrogens (tertiary/aromatic N) is 2. The highest BCUT2D eigenvalue weighted by Crippen LogP contribution is 2.44. The molecule has 4 heteroatoms. The molecule has 3 nitrogen and oxygen atoms in total. The predicted octanol–water partition coefficient (Wildman–Crippen LogP) is 4.13. The molecule has 0 aromatic carbocycles. The Labute approximate surface area is 133 Å². The molecule has 0 radical (unpaired) electrons. The molecule has 0 bridgehead atoms. The van der Waals surface area contributed by atoms with E-state index in [0.29, 0.717) is 11.8 Å². The van der Waals surface area contributed by atoms with Crippen molar-refractivity contribution in [2.24, 2.45) is 18.9 Å². The van der Waals surface area contributed by atoms with Crippen LogP contribution in [0.2, 0.25) is 5.02 Å². The summed E-state index contributed by atoms with van der Waals surface area (Å²) in [6, 6.07) is 0.793. The summed E-state index contributed by atoms with van der Waals surface area (Å²) in [4.78, 5) is 0. The van der Waals surface area contributed by atoms with Gasteiger partial charge >= 0.3 is 0 Å². The first-order valence-electron chi connectivity index (χ1n) is 8.59. The van der Waals surface area contributed by atoms with E-state index < -0.39 is 0 Å². The Morgan fingerprint density at radius 3 is 2.76 bits per heavy atom. The second-order valence-corrected chi connectivity index (χ2v) is 7.43. The standard InChI is InChI=1S/C17H28ClN3/c1-3-4-12-5-6-13(10-19-14-7-8-14)15(9-12)17-16(18)11-20-21(17)2/h11-15,19H,3-10H2,1-2H3. The van der Waals surface area contributed by atoms with Crippen LogP contribution >= 0.6 is 11.6 Å². The van der Waals surface area contributed by atoms with Crippen molar-refractivity contribution in [3.8, 4) is 0 Å². The highest BCUT2D eigenvalue weighted by atomic mass is 35.5. The van der Waals surface area contributed by atoms with Gasteiger partial charge in [0, 0.05) is 19.0 Å². The highest BCUT2D eigenvalue weighted by molar-refractivity contribution is 6.31. The maximum Gasteiger partial charge on any atom is 0.0820 e. The summed E-state index contributed by atoms with van der Waals surface area (Å²) >= 11 is 6.44. The average molecular weight is 310 g/mol. The third-order valence-corrected chi connectivity index (χ3v) is 5.63. The van der Waals surface area contributed by atoms with Gasteiger partial charge < -0.3 is 5.32 Å². The first-order chi connectivity index (χ1) is 10.2. The Hall–Kier alpha value is -0.540. The molecule has 118 valence electrons. The molecule has 2 fully saturated rings. The third-order valence-electron chi connectivity index (χ3n) is 5.33. The van der Waals surface area contributed by atoms with Gasteiger partial charge in [-0.05, 0) is 44.1 Å². The van der Waals surface area contributed by atoms with Gasteiger partial charge in [-0.3, -0.25) is 4.68 Å². The Morgan fingerprint density at radius 1 is 1.33 bits per heavy atom. The van der Waals surface area contributed by atoms with Crippen molar-refractivity contribution < 1.29 is 0 Å². The van der Waals surface area contributed by atoms with Crippen LogP contribution in [0, 0.1) is 11.8 Å². The van der Waals surface area contributed by atoms with Gasteiger partial charge in [0.25, 0.3) is 0 Å². The third kappa shape index (κ3) is 3.62. The maximum absolute atomic E-state index is 6.44. The van der Waals surface area contributed by atoms with Gasteiger partial charge in [0.15, 0.2) is 0 Å². The van der Waals surface area contributed by atoms with Crippen LogP contribution in [0.3, 0.4) is 0 Å². The topological polar surface area (TPSA) is 29.9 Å². The van der Waals surface area contributed by atoms with E-state index in [4.69, 9.17) is 11.6 Å². The lowest BCUT2D eigenvalue weighted by Crippen LogP contribution is -2.34. The van der Waals surface area contributed by atoms with Gasteiger partial charge in [-0.1, -0.05) is 37.8 Å². The van der Waals surface area contributed by atoms with E-state index in [1.165, 1.54) is 50.6 Å². The number of nitrogens with one attached hydrogen (secondary N) is 1. The van der Waals surface area contributed by atoms with E-state index in [0.717, 1.165) is 23.5 Å². The smallest absolute Gasteiger partial charge is 0.0820 e. The summed E-state index contributed by atoms with van der Waals surface area (Å²) in [5, 5.41) is 8.96. The van der Waals surface area contributed by atoms with E-state index >= 15 is 0 Å². The molecule has 21 heavy (non-hydrogen) atoms. The minimum Gasteiger partial charge on any atom is -0.314 e. The molecular weight excluding hydrogens is 282 g/mol. The summed E-state index contributed by atoms with van der Waals surface area (Å²) < 4.78 is 2.01. The fourth-order valence-corrected chi connectivity index (χ4v) is 4.32. The van der Waals surface area contributed by atoms with E-state index in [2.05, 4.69) is 17.3 Å². The average Bonchev–Trinajstić information content (AvgIpc) is 3.23. The van der Waals surface area contributed by atoms with Gasteiger partial charge in [0.05, 0.1) is 16.9 Å². The molecule has 1 heterocycles. The zero-order valence-corrected chi connectivity index (χ0v) is 14.1. The van der Waals surface area contributed by atoms with E-state index in [1.807, 2.05) is 17.9 Å². The SMILES string of the molecule is CCCC1CCC(CNC2CC2)C(c2c(Cl)cnn2C)C1. The van der Waals surface area contributed by atoms with Crippen LogP contribution < -0.4 is 5.32 Å². The molecular formula is C17H28ClN3. The number of rotatable bonds is 6. The Balaban J connectivity index is 1.74. The molecule has 2 saturated carbocycles. The van der Waals surface area contributed by atoms with Crippen molar-refractivity contribution in [2.75, 3.05) is 6.54 Å². The van der Waals surface area contributed by atoms with Crippen LogP contribution in [0.1, 0.15) is 63.5 Å². The highest BCUT2D eigenvalue weighted by Gasteiger charge is 2.35. The molecule has 1 N–H and O–H groups in total. The van der Waals surface area contributed by atoms with Crippen molar-refractivity contribution >= 4 is 11.6 Å². The van der Waals surface area contributed by atoms with E-state index in [-0.39, 0.29) is 0 Å². The summed E-state index contributed by atoms with van der Waals surface area (Å²) in [6.07, 6.45) is 11.2. The van der Waals surface area contributed by atoms with Crippen LogP contribution in [-0.4, -0.2) is 22.4 Å². The largest absolute Gasteiger partial charge is 0.314 e. The molecule has 2 aliphatic rings. The van der Waals surface area contributed by atoms with Crippen molar-refractivity contribution in [1.29, 1.82) is 0 Å². The van der Waals surface area contributed by atoms with Crippen molar-refractivity contribution in [3.05, 3.63) is 16.9 Å². The molecule has 0 saturated heterocycles. The fourth-order valence-electron chi connectivity index (χ4n) is 4.01. The molecule has 1 aromatic heterocycles. The molecule has 3 unspecified atom stereocenters. The first kappa shape index (κ1) is 15.4. The van der Waals surface area contributed by atoms with Crippen LogP contribution in [0.5, 0.6) is 0 Å². The molecule has 3 atom stereocenters. The van der Waals surface area contributed by atoms with Gasteiger partial charge in [-0.2, -0.15) is 5.10 Å². The van der Waals surface area contributed by atoms with Crippen LogP contribution in [0.25, 0.3) is 0 Å². The number of aryl methyl sites for hydroxylation is 1. The lowest BCUT2D eigenvalue weighted by Gasteiger charge is -2.36. The van der Waals surface area contributed by atoms with Crippen LogP contribution in [0.4, 0.5) is 0 Å². The second kappa shape index (κ2) is 6.70. The summed E-state index contributed by atoms with van der Waals surface area (Å²) in [5.41, 5.74) is 1.26. The normalized spacial score (nSPS) is 29.8. The minimum atomic E-state index is 0.571. The quantitative estimate of drug-likeness (QED) is 0.856. The fraction of sp³-hybridized carbons (Fsp3) is 0.824. The Kier molecular flexibility index (Phi) is 4.90. The van der Waals surface area contributed by atoms with E-state index in [9.17, 15) is 0 Å². The zero-order valence-electron chi connectivity index (χ0n) is 13.3. The van der Waals surface area contributed by atoms with Gasteiger partial charge in [-0.25, -0.2) is 0 Å². The van der Waals surface area contributed by atoms with Crippen molar-refractivity contribution in [3.63, 3.8) is 0 Å². The van der Waals surface area contributed by atoms with Gasteiger partial charge in [-0.15, -0.1) is 0 Å². The molecule has 3 rings (SSSR count). The summed E-state index contributed by atoms with van der Waals surface area (Å²) in [7, 11) is 2.04. The number of halogens is 1. The number of hydrogen-bond donors (Lipinski definition) is 1. The van der Waals surface area contributed by atoms with Gasteiger partial charge in [0.1, 0.15) is 0 Å². The van der Waals surface area contributed by atoms with Crippen LogP contribution in [0.15, 0.2) is 6.20 Å². The maximum atomic E-state index is 6.44. The molecule has 1 aromatic rings. The molecule has 0 aliphatic heterocycles. The first-order valence-corrected chi connectivity index (χ1v) is 8.97. The lowest BCUT2D eigenvalue weighted by molar-refractivity contribution is 0.213. The monoisotopic (exact) mass is 309 g/mol.